The van der Waals surface area contributed by atoms with Crippen LogP contribution in [0.25, 0.3) is 0 Å². The Morgan fingerprint density at radius 3 is 2.82 bits per heavy atom. The fraction of sp³-hybridized carbons (Fsp3) is 0.300. The van der Waals surface area contributed by atoms with Crippen molar-refractivity contribution >= 4 is 27.5 Å². The Bertz CT molecular complexity index is 531. The molecule has 0 spiro atoms. The van der Waals surface area contributed by atoms with Crippen LogP contribution in [-0.4, -0.2) is 24.9 Å². The number of nitrogens with zero attached hydrogens (tertiary/aromatic N) is 4. The standard InChI is InChI=1S/C10H10BrClN4O/c1-2-16-9(11)6(4-15-16)8(17)7-3-13-5-14-10(7)12/h3-5,8,17H,2H2,1H3. The minimum Gasteiger partial charge on any atom is -0.383 e. The normalized spacial score (nSPS) is 12.7. The first kappa shape index (κ1) is 12.5. The van der Waals surface area contributed by atoms with Crippen molar-refractivity contribution in [3.8, 4) is 0 Å². The lowest BCUT2D eigenvalue weighted by Gasteiger charge is -2.10. The molecule has 2 aromatic rings. The van der Waals surface area contributed by atoms with Gasteiger partial charge in [-0.25, -0.2) is 9.97 Å². The first-order chi connectivity index (χ1) is 8.15. The van der Waals surface area contributed by atoms with Crippen molar-refractivity contribution in [1.82, 2.24) is 19.7 Å². The molecule has 17 heavy (non-hydrogen) atoms. The van der Waals surface area contributed by atoms with Crippen molar-refractivity contribution in [2.75, 3.05) is 0 Å². The summed E-state index contributed by atoms with van der Waals surface area (Å²) < 4.78 is 2.46. The van der Waals surface area contributed by atoms with E-state index in [0.717, 1.165) is 4.60 Å². The lowest BCUT2D eigenvalue weighted by atomic mass is 10.1. The molecule has 0 aliphatic heterocycles. The molecular formula is C10H10BrClN4O. The van der Waals surface area contributed by atoms with Crippen LogP contribution >= 0.6 is 27.5 Å². The van der Waals surface area contributed by atoms with Crippen molar-refractivity contribution in [3.05, 3.63) is 39.6 Å². The van der Waals surface area contributed by atoms with Crippen molar-refractivity contribution in [3.63, 3.8) is 0 Å². The zero-order chi connectivity index (χ0) is 12.4. The summed E-state index contributed by atoms with van der Waals surface area (Å²) in [6.07, 6.45) is 3.54. The van der Waals surface area contributed by atoms with E-state index < -0.39 is 6.10 Å². The van der Waals surface area contributed by atoms with Gasteiger partial charge in [0.2, 0.25) is 0 Å². The van der Waals surface area contributed by atoms with Crippen LogP contribution in [0.1, 0.15) is 24.2 Å². The van der Waals surface area contributed by atoms with Crippen LogP contribution in [0, 0.1) is 0 Å². The third kappa shape index (κ3) is 2.34. The van der Waals surface area contributed by atoms with E-state index in [4.69, 9.17) is 11.6 Å². The van der Waals surface area contributed by atoms with Crippen molar-refractivity contribution < 1.29 is 5.11 Å². The van der Waals surface area contributed by atoms with Crippen LogP contribution < -0.4 is 0 Å². The van der Waals surface area contributed by atoms with Crippen LogP contribution in [0.3, 0.4) is 0 Å². The van der Waals surface area contributed by atoms with Crippen molar-refractivity contribution in [2.45, 2.75) is 19.6 Å². The van der Waals surface area contributed by atoms with Crippen LogP contribution in [0.2, 0.25) is 5.15 Å². The molecule has 2 aromatic heterocycles. The molecule has 0 aromatic carbocycles. The van der Waals surface area contributed by atoms with E-state index in [9.17, 15) is 5.11 Å². The maximum Gasteiger partial charge on any atom is 0.138 e. The minimum absolute atomic E-state index is 0.239. The van der Waals surface area contributed by atoms with E-state index >= 15 is 0 Å². The number of aliphatic hydroxyl groups excluding tert-OH is 1. The summed E-state index contributed by atoms with van der Waals surface area (Å²) in [5, 5.41) is 14.6. The molecule has 0 amide bonds. The van der Waals surface area contributed by atoms with Gasteiger partial charge in [-0.05, 0) is 22.9 Å². The van der Waals surface area contributed by atoms with Gasteiger partial charge in [-0.2, -0.15) is 5.10 Å². The predicted molar refractivity (Wildman–Crippen MR) is 66.7 cm³/mol. The Hall–Kier alpha value is -0.980. The van der Waals surface area contributed by atoms with Gasteiger partial charge in [0.05, 0.1) is 6.20 Å². The molecular weight excluding hydrogens is 307 g/mol. The molecule has 0 aliphatic rings. The molecule has 1 N–H and O–H groups in total. The number of aliphatic hydroxyl groups is 1. The fourth-order valence-electron chi connectivity index (χ4n) is 1.47. The summed E-state index contributed by atoms with van der Waals surface area (Å²) in [5.74, 6) is 0. The van der Waals surface area contributed by atoms with E-state index in [1.165, 1.54) is 12.5 Å². The van der Waals surface area contributed by atoms with E-state index in [1.54, 1.807) is 10.9 Å². The largest absolute Gasteiger partial charge is 0.383 e. The zero-order valence-electron chi connectivity index (χ0n) is 9.01. The molecule has 1 unspecified atom stereocenters. The SMILES string of the molecule is CCn1ncc(C(O)c2cncnc2Cl)c1Br. The van der Waals surface area contributed by atoms with Crippen LogP contribution in [0.15, 0.2) is 23.3 Å². The summed E-state index contributed by atoms with van der Waals surface area (Å²) >= 11 is 9.30. The Labute approximate surface area is 112 Å². The maximum absolute atomic E-state index is 10.2. The molecule has 0 saturated carbocycles. The first-order valence-corrected chi connectivity index (χ1v) is 6.17. The maximum atomic E-state index is 10.2. The van der Waals surface area contributed by atoms with Gasteiger partial charge >= 0.3 is 0 Å². The minimum atomic E-state index is -0.890. The van der Waals surface area contributed by atoms with E-state index in [2.05, 4.69) is 31.0 Å². The molecule has 5 nitrogen and oxygen atoms in total. The van der Waals surface area contributed by atoms with Crippen molar-refractivity contribution in [2.24, 2.45) is 0 Å². The smallest absolute Gasteiger partial charge is 0.138 e. The van der Waals surface area contributed by atoms with E-state index in [1.807, 2.05) is 6.92 Å². The zero-order valence-corrected chi connectivity index (χ0v) is 11.4. The number of hydrogen-bond acceptors (Lipinski definition) is 4. The van der Waals surface area contributed by atoms with Gasteiger partial charge in [-0.1, -0.05) is 11.6 Å². The van der Waals surface area contributed by atoms with Crippen molar-refractivity contribution in [1.29, 1.82) is 0 Å². The molecule has 2 rings (SSSR count). The molecule has 2 heterocycles. The van der Waals surface area contributed by atoms with Gasteiger partial charge < -0.3 is 5.11 Å². The Morgan fingerprint density at radius 1 is 1.47 bits per heavy atom. The monoisotopic (exact) mass is 316 g/mol. The second kappa shape index (κ2) is 5.12. The summed E-state index contributed by atoms with van der Waals surface area (Å²) in [7, 11) is 0. The highest BCUT2D eigenvalue weighted by molar-refractivity contribution is 9.10. The molecule has 7 heteroatoms. The second-order valence-electron chi connectivity index (χ2n) is 3.38. The molecule has 0 saturated heterocycles. The van der Waals surface area contributed by atoms with Gasteiger partial charge in [0.25, 0.3) is 0 Å². The summed E-state index contributed by atoms with van der Waals surface area (Å²) in [5.41, 5.74) is 1.11. The Balaban J connectivity index is 2.40. The molecule has 0 aliphatic carbocycles. The van der Waals surface area contributed by atoms with Gasteiger partial charge in [-0.15, -0.1) is 0 Å². The molecule has 1 atom stereocenters. The highest BCUT2D eigenvalue weighted by Crippen LogP contribution is 2.30. The topological polar surface area (TPSA) is 63.8 Å². The Kier molecular flexibility index (Phi) is 3.76. The lowest BCUT2D eigenvalue weighted by molar-refractivity contribution is 0.218. The van der Waals surface area contributed by atoms with Gasteiger partial charge in [0.15, 0.2) is 0 Å². The molecule has 0 bridgehead atoms. The summed E-state index contributed by atoms with van der Waals surface area (Å²) in [4.78, 5) is 7.68. The van der Waals surface area contributed by atoms with E-state index in [-0.39, 0.29) is 5.15 Å². The first-order valence-electron chi connectivity index (χ1n) is 4.99. The number of rotatable bonds is 3. The summed E-state index contributed by atoms with van der Waals surface area (Å²) in [6.45, 7) is 2.68. The number of aryl methyl sites for hydroxylation is 1. The third-order valence-electron chi connectivity index (χ3n) is 2.38. The summed E-state index contributed by atoms with van der Waals surface area (Å²) in [6, 6.07) is 0. The van der Waals surface area contributed by atoms with Crippen LogP contribution in [-0.2, 0) is 6.54 Å². The molecule has 0 fully saturated rings. The second-order valence-corrected chi connectivity index (χ2v) is 4.49. The molecule has 0 radical (unpaired) electrons. The average Bonchev–Trinajstić information content (AvgIpc) is 2.70. The number of hydrogen-bond donors (Lipinski definition) is 1. The Morgan fingerprint density at radius 2 is 2.24 bits per heavy atom. The quantitative estimate of drug-likeness (QED) is 0.881. The van der Waals surface area contributed by atoms with Crippen LogP contribution in [0.5, 0.6) is 0 Å². The number of halogens is 2. The molecule has 90 valence electrons. The highest BCUT2D eigenvalue weighted by atomic mass is 79.9. The fourth-order valence-corrected chi connectivity index (χ4v) is 2.32. The number of aromatic nitrogens is 4. The highest BCUT2D eigenvalue weighted by Gasteiger charge is 2.20. The third-order valence-corrected chi connectivity index (χ3v) is 3.56. The van der Waals surface area contributed by atoms with Gasteiger partial charge in [0, 0.05) is 23.9 Å². The van der Waals surface area contributed by atoms with E-state index in [0.29, 0.717) is 17.7 Å². The lowest BCUT2D eigenvalue weighted by Crippen LogP contribution is -2.03. The van der Waals surface area contributed by atoms with Gasteiger partial charge in [0.1, 0.15) is 22.2 Å². The van der Waals surface area contributed by atoms with Crippen LogP contribution in [0.4, 0.5) is 0 Å². The predicted octanol–water partition coefficient (Wildman–Crippen LogP) is 2.19. The average molecular weight is 318 g/mol. The van der Waals surface area contributed by atoms with Gasteiger partial charge in [-0.3, -0.25) is 4.68 Å².